The summed E-state index contributed by atoms with van der Waals surface area (Å²) in [5, 5.41) is 9.51. The molecule has 0 fully saturated rings. The number of nitrogens with two attached hydrogens (primary N) is 2. The third kappa shape index (κ3) is 4.10. The highest BCUT2D eigenvalue weighted by Gasteiger charge is 2.16. The fourth-order valence-corrected chi connectivity index (χ4v) is 2.37. The molecule has 0 aliphatic rings. The van der Waals surface area contributed by atoms with Crippen LogP contribution in [0.25, 0.3) is 11.2 Å². The molecule has 2 heterocycles. The molecule has 27 heavy (non-hydrogen) atoms. The number of nitrogens with zero attached hydrogens (tertiary/aromatic N) is 3. The summed E-state index contributed by atoms with van der Waals surface area (Å²) in [5.41, 5.74) is 11.1. The van der Waals surface area contributed by atoms with E-state index in [0.717, 1.165) is 0 Å². The highest BCUT2D eigenvalue weighted by molar-refractivity contribution is 5.73. The Balaban J connectivity index is 1.66. The van der Waals surface area contributed by atoms with Crippen molar-refractivity contribution < 1.29 is 19.3 Å². The molecular formula is C16H20N6O5. The smallest absolute Gasteiger partial charge is 0.280 e. The number of methoxy groups -OCH3 is 1. The molecule has 11 nitrogen and oxygen atoms in total. The van der Waals surface area contributed by atoms with Gasteiger partial charge in [0, 0.05) is 0 Å². The van der Waals surface area contributed by atoms with E-state index in [2.05, 4.69) is 15.0 Å². The standard InChI is InChI=1S/C16H20N6O5/c1-25-9-2-4-10(5-3-9)26-7-11(6-23)27-8-22-13-12(19-16(22)18)14(24)21-15(17)20-13/h2-5,11,23H,6-8H2,1H3,(H2,18,19)(H3,17,20,21,24). The van der Waals surface area contributed by atoms with E-state index in [-0.39, 0.29) is 43.0 Å². The topological polar surface area (TPSA) is 164 Å². The van der Waals surface area contributed by atoms with E-state index in [1.54, 1.807) is 31.4 Å². The lowest BCUT2D eigenvalue weighted by molar-refractivity contribution is -0.0431. The fourth-order valence-electron chi connectivity index (χ4n) is 2.37. The number of fused-ring (bicyclic) bond motifs is 1. The van der Waals surface area contributed by atoms with Gasteiger partial charge in [0.25, 0.3) is 5.56 Å². The van der Waals surface area contributed by atoms with Crippen molar-refractivity contribution >= 4 is 23.1 Å². The first-order valence-electron chi connectivity index (χ1n) is 8.02. The Bertz CT molecular complexity index is 968. The van der Waals surface area contributed by atoms with Crippen LogP contribution in [0.15, 0.2) is 29.1 Å². The molecule has 0 amide bonds. The van der Waals surface area contributed by atoms with Gasteiger partial charge in [0.2, 0.25) is 11.9 Å². The lowest BCUT2D eigenvalue weighted by Gasteiger charge is -2.17. The molecule has 1 atom stereocenters. The number of anilines is 2. The number of nitrogens with one attached hydrogen (secondary N) is 1. The van der Waals surface area contributed by atoms with Crippen molar-refractivity contribution in [3.05, 3.63) is 34.6 Å². The van der Waals surface area contributed by atoms with Crippen LogP contribution < -0.4 is 26.5 Å². The molecule has 0 bridgehead atoms. The van der Waals surface area contributed by atoms with Gasteiger partial charge in [-0.2, -0.15) is 4.98 Å². The molecule has 3 rings (SSSR count). The second-order valence-corrected chi connectivity index (χ2v) is 5.61. The Morgan fingerprint density at radius 3 is 2.59 bits per heavy atom. The van der Waals surface area contributed by atoms with Gasteiger partial charge in [0.15, 0.2) is 11.2 Å². The Labute approximate surface area is 153 Å². The molecule has 1 aromatic carbocycles. The van der Waals surface area contributed by atoms with Gasteiger partial charge < -0.3 is 30.8 Å². The molecule has 0 radical (unpaired) electrons. The number of H-pyrrole nitrogens is 1. The van der Waals surface area contributed by atoms with Crippen LogP contribution in [0, 0.1) is 0 Å². The van der Waals surface area contributed by atoms with Crippen molar-refractivity contribution in [2.45, 2.75) is 12.8 Å². The maximum Gasteiger partial charge on any atom is 0.280 e. The molecule has 0 saturated heterocycles. The Morgan fingerprint density at radius 1 is 1.22 bits per heavy atom. The molecule has 11 heteroatoms. The zero-order chi connectivity index (χ0) is 19.4. The average Bonchev–Trinajstić information content (AvgIpc) is 2.98. The first kappa shape index (κ1) is 18.5. The zero-order valence-corrected chi connectivity index (χ0v) is 14.6. The molecule has 1 unspecified atom stereocenters. The van der Waals surface area contributed by atoms with Crippen LogP contribution >= 0.6 is 0 Å². The van der Waals surface area contributed by atoms with Gasteiger partial charge in [-0.1, -0.05) is 0 Å². The van der Waals surface area contributed by atoms with Gasteiger partial charge in [-0.15, -0.1) is 0 Å². The number of ether oxygens (including phenoxy) is 3. The Morgan fingerprint density at radius 2 is 1.93 bits per heavy atom. The third-order valence-electron chi connectivity index (χ3n) is 3.79. The van der Waals surface area contributed by atoms with Crippen molar-refractivity contribution in [1.82, 2.24) is 19.5 Å². The number of hydrogen-bond donors (Lipinski definition) is 4. The highest BCUT2D eigenvalue weighted by Crippen LogP contribution is 2.18. The second kappa shape index (κ2) is 7.93. The van der Waals surface area contributed by atoms with Crippen molar-refractivity contribution in [2.24, 2.45) is 0 Å². The first-order valence-corrected chi connectivity index (χ1v) is 8.02. The fraction of sp³-hybridized carbons (Fsp3) is 0.312. The molecule has 0 saturated carbocycles. The SMILES string of the molecule is COc1ccc(OCC(CO)OCn2c(N)nc3c(=O)[nH]c(N)nc32)cc1. The minimum absolute atomic E-state index is 0.0429. The number of aromatic nitrogens is 4. The minimum Gasteiger partial charge on any atom is -0.497 e. The van der Waals surface area contributed by atoms with Crippen LogP contribution in [0.4, 0.5) is 11.9 Å². The quantitative estimate of drug-likeness (QED) is 0.413. The molecular weight excluding hydrogens is 356 g/mol. The van der Waals surface area contributed by atoms with Gasteiger partial charge in [-0.05, 0) is 24.3 Å². The number of benzene rings is 1. The van der Waals surface area contributed by atoms with Crippen LogP contribution in [-0.4, -0.2) is 51.1 Å². The summed E-state index contributed by atoms with van der Waals surface area (Å²) < 4.78 is 17.7. The number of aliphatic hydroxyl groups is 1. The van der Waals surface area contributed by atoms with Crippen molar-refractivity contribution in [1.29, 1.82) is 0 Å². The number of hydrogen-bond acceptors (Lipinski definition) is 9. The van der Waals surface area contributed by atoms with Gasteiger partial charge in [-0.3, -0.25) is 14.3 Å². The van der Waals surface area contributed by atoms with Gasteiger partial charge >= 0.3 is 0 Å². The summed E-state index contributed by atoms with van der Waals surface area (Å²) in [6, 6.07) is 7.01. The summed E-state index contributed by atoms with van der Waals surface area (Å²) in [6.07, 6.45) is -0.636. The van der Waals surface area contributed by atoms with E-state index in [1.807, 2.05) is 0 Å². The van der Waals surface area contributed by atoms with Gasteiger partial charge in [0.05, 0.1) is 13.7 Å². The molecule has 6 N–H and O–H groups in total. The Kier molecular flexibility index (Phi) is 5.43. The number of nitrogen functional groups attached to an aromatic ring is 2. The largest absolute Gasteiger partial charge is 0.497 e. The summed E-state index contributed by atoms with van der Waals surface area (Å²) in [5.74, 6) is 1.30. The lowest BCUT2D eigenvalue weighted by atomic mass is 10.3. The summed E-state index contributed by atoms with van der Waals surface area (Å²) >= 11 is 0. The third-order valence-corrected chi connectivity index (χ3v) is 3.79. The molecule has 3 aromatic rings. The van der Waals surface area contributed by atoms with E-state index < -0.39 is 11.7 Å². The number of rotatable bonds is 8. The highest BCUT2D eigenvalue weighted by atomic mass is 16.5. The van der Waals surface area contributed by atoms with Crippen LogP contribution in [-0.2, 0) is 11.5 Å². The van der Waals surface area contributed by atoms with E-state index >= 15 is 0 Å². The summed E-state index contributed by atoms with van der Waals surface area (Å²) in [4.78, 5) is 22.2. The van der Waals surface area contributed by atoms with Crippen LogP contribution in [0.2, 0.25) is 0 Å². The van der Waals surface area contributed by atoms with Gasteiger partial charge in [0.1, 0.15) is 30.9 Å². The number of aromatic amines is 1. The number of imidazole rings is 1. The van der Waals surface area contributed by atoms with Gasteiger partial charge in [-0.25, -0.2) is 4.98 Å². The summed E-state index contributed by atoms with van der Waals surface area (Å²) in [6.45, 7) is -0.264. The molecule has 0 spiro atoms. The minimum atomic E-state index is -0.636. The van der Waals surface area contributed by atoms with E-state index in [0.29, 0.717) is 11.5 Å². The normalized spacial score (nSPS) is 12.2. The Hall–Kier alpha value is -3.31. The number of aliphatic hydroxyl groups excluding tert-OH is 1. The molecule has 2 aromatic heterocycles. The lowest BCUT2D eigenvalue weighted by Crippen LogP contribution is -2.27. The van der Waals surface area contributed by atoms with E-state index in [9.17, 15) is 9.90 Å². The van der Waals surface area contributed by atoms with Crippen LogP contribution in [0.5, 0.6) is 11.5 Å². The predicted molar refractivity (Wildman–Crippen MR) is 97.4 cm³/mol. The molecule has 0 aliphatic heterocycles. The maximum atomic E-state index is 11.8. The summed E-state index contributed by atoms with van der Waals surface area (Å²) in [7, 11) is 1.58. The van der Waals surface area contributed by atoms with Crippen molar-refractivity contribution in [3.8, 4) is 11.5 Å². The van der Waals surface area contributed by atoms with E-state index in [4.69, 9.17) is 25.7 Å². The zero-order valence-electron chi connectivity index (χ0n) is 14.6. The molecule has 144 valence electrons. The maximum absolute atomic E-state index is 11.8. The predicted octanol–water partition coefficient (Wildman–Crippen LogP) is -0.293. The molecule has 0 aliphatic carbocycles. The average molecular weight is 376 g/mol. The van der Waals surface area contributed by atoms with Crippen LogP contribution in [0.3, 0.4) is 0 Å². The monoisotopic (exact) mass is 376 g/mol. The van der Waals surface area contributed by atoms with Crippen molar-refractivity contribution in [3.63, 3.8) is 0 Å². The van der Waals surface area contributed by atoms with Crippen LogP contribution in [0.1, 0.15) is 0 Å². The first-order chi connectivity index (χ1) is 13.0. The van der Waals surface area contributed by atoms with Crippen molar-refractivity contribution in [2.75, 3.05) is 31.8 Å². The second-order valence-electron chi connectivity index (χ2n) is 5.61. The van der Waals surface area contributed by atoms with E-state index in [1.165, 1.54) is 4.57 Å².